The molecule has 0 aliphatic rings. The van der Waals surface area contributed by atoms with Crippen molar-refractivity contribution in [1.29, 1.82) is 0 Å². The Morgan fingerprint density at radius 1 is 0.947 bits per heavy atom. The number of hydrogen-bond donors (Lipinski definition) is 0. The highest BCUT2D eigenvalue weighted by Crippen LogP contribution is 2.25. The Bertz CT molecular complexity index is 650. The van der Waals surface area contributed by atoms with Gasteiger partial charge in [0.1, 0.15) is 11.6 Å². The number of carbonyl (C=O) groups is 1. The summed E-state index contributed by atoms with van der Waals surface area (Å²) in [4.78, 5) is 12.0. The molecule has 0 N–H and O–H groups in total. The van der Waals surface area contributed by atoms with Gasteiger partial charge in [-0.3, -0.25) is 4.79 Å². The van der Waals surface area contributed by atoms with Gasteiger partial charge < -0.3 is 0 Å². The van der Waals surface area contributed by atoms with Crippen molar-refractivity contribution in [2.45, 2.75) is 0 Å². The second-order valence-electron chi connectivity index (χ2n) is 3.71. The molecule has 0 saturated heterocycles. The van der Waals surface area contributed by atoms with Crippen LogP contribution in [-0.4, -0.2) is 5.78 Å². The van der Waals surface area contributed by atoms with Crippen LogP contribution in [0.5, 0.6) is 0 Å². The van der Waals surface area contributed by atoms with E-state index < -0.39 is 29.1 Å². The van der Waals surface area contributed by atoms with Gasteiger partial charge in [-0.05, 0) is 40.2 Å². The average Bonchev–Trinajstić information content (AvgIpc) is 2.34. The maximum Gasteiger partial charge on any atom is 0.194 e. The zero-order chi connectivity index (χ0) is 14.2. The predicted molar refractivity (Wildman–Crippen MR) is 63.8 cm³/mol. The van der Waals surface area contributed by atoms with Crippen LogP contribution < -0.4 is 0 Å². The van der Waals surface area contributed by atoms with Gasteiger partial charge in [-0.25, -0.2) is 17.6 Å². The van der Waals surface area contributed by atoms with Crippen LogP contribution in [0.3, 0.4) is 0 Å². The summed E-state index contributed by atoms with van der Waals surface area (Å²) in [5, 5.41) is 0. The first-order chi connectivity index (χ1) is 8.90. The first-order valence-corrected chi connectivity index (χ1v) is 5.83. The van der Waals surface area contributed by atoms with E-state index in [0.717, 1.165) is 24.3 Å². The highest BCUT2D eigenvalue weighted by atomic mass is 79.9. The van der Waals surface area contributed by atoms with Crippen LogP contribution in [-0.2, 0) is 0 Å². The number of halogens is 5. The van der Waals surface area contributed by atoms with E-state index >= 15 is 0 Å². The molecule has 0 radical (unpaired) electrons. The largest absolute Gasteiger partial charge is 0.289 e. The number of hydrogen-bond acceptors (Lipinski definition) is 1. The number of rotatable bonds is 2. The molecule has 1 nitrogen and oxygen atoms in total. The zero-order valence-corrected chi connectivity index (χ0v) is 10.8. The first-order valence-electron chi connectivity index (χ1n) is 5.04. The molecular formula is C13H5BrF4O. The van der Waals surface area contributed by atoms with Crippen LogP contribution in [0.1, 0.15) is 15.9 Å². The van der Waals surface area contributed by atoms with Gasteiger partial charge in [0, 0.05) is 17.2 Å². The Kier molecular flexibility index (Phi) is 3.71. The fourth-order valence-corrected chi connectivity index (χ4v) is 2.04. The lowest BCUT2D eigenvalue weighted by atomic mass is 10.0. The van der Waals surface area contributed by atoms with Crippen LogP contribution in [0.2, 0.25) is 0 Å². The summed E-state index contributed by atoms with van der Waals surface area (Å²) in [5.41, 5.74) is -0.506. The van der Waals surface area contributed by atoms with Crippen molar-refractivity contribution in [3.05, 3.63) is 69.2 Å². The minimum atomic E-state index is -1.23. The molecule has 0 fully saturated rings. The van der Waals surface area contributed by atoms with Crippen LogP contribution in [0.15, 0.2) is 34.8 Å². The van der Waals surface area contributed by atoms with E-state index in [2.05, 4.69) is 15.9 Å². The number of benzene rings is 2. The van der Waals surface area contributed by atoms with Crippen molar-refractivity contribution in [1.82, 2.24) is 0 Å². The fraction of sp³-hybridized carbons (Fsp3) is 0. The molecule has 0 atom stereocenters. The molecule has 2 aromatic carbocycles. The van der Waals surface area contributed by atoms with E-state index in [0.29, 0.717) is 6.07 Å². The first kappa shape index (κ1) is 13.7. The molecule has 0 bridgehead atoms. The van der Waals surface area contributed by atoms with Gasteiger partial charge in [0.15, 0.2) is 17.4 Å². The van der Waals surface area contributed by atoms with E-state index in [-0.39, 0.29) is 15.6 Å². The molecule has 0 aromatic heterocycles. The lowest BCUT2D eigenvalue weighted by Gasteiger charge is -2.06. The lowest BCUT2D eigenvalue weighted by molar-refractivity contribution is 0.103. The molecule has 2 aromatic rings. The molecule has 0 amide bonds. The molecule has 6 heteroatoms. The summed E-state index contributed by atoms with van der Waals surface area (Å²) < 4.78 is 51.9. The van der Waals surface area contributed by atoms with Gasteiger partial charge in [0.25, 0.3) is 0 Å². The average molecular weight is 333 g/mol. The smallest absolute Gasteiger partial charge is 0.194 e. The molecule has 0 unspecified atom stereocenters. The van der Waals surface area contributed by atoms with Crippen LogP contribution in [0.25, 0.3) is 0 Å². The molecule has 0 aliphatic carbocycles. The van der Waals surface area contributed by atoms with Gasteiger partial charge in [0.05, 0.1) is 4.47 Å². The minimum Gasteiger partial charge on any atom is -0.289 e. The predicted octanol–water partition coefficient (Wildman–Crippen LogP) is 4.24. The standard InChI is InChI=1S/C13H5BrF4O/c14-11-9(1-2-10(17)12(11)18)13(19)6-3-7(15)5-8(16)4-6/h1-5H. The van der Waals surface area contributed by atoms with Gasteiger partial charge in [-0.15, -0.1) is 0 Å². The molecule has 0 aliphatic heterocycles. The molecule has 2 rings (SSSR count). The third kappa shape index (κ3) is 2.68. The monoisotopic (exact) mass is 332 g/mol. The van der Waals surface area contributed by atoms with E-state index in [1.807, 2.05) is 0 Å². The van der Waals surface area contributed by atoms with Gasteiger partial charge in [0.2, 0.25) is 0 Å². The zero-order valence-electron chi connectivity index (χ0n) is 9.18. The third-order valence-electron chi connectivity index (χ3n) is 2.40. The van der Waals surface area contributed by atoms with Gasteiger partial charge in [-0.2, -0.15) is 0 Å². The Morgan fingerprint density at radius 2 is 1.53 bits per heavy atom. The van der Waals surface area contributed by atoms with Crippen molar-refractivity contribution in [2.75, 3.05) is 0 Å². The molecule has 98 valence electrons. The highest BCUT2D eigenvalue weighted by Gasteiger charge is 2.19. The molecule has 19 heavy (non-hydrogen) atoms. The van der Waals surface area contributed by atoms with Crippen molar-refractivity contribution in [3.8, 4) is 0 Å². The van der Waals surface area contributed by atoms with Crippen molar-refractivity contribution >= 4 is 21.7 Å². The Balaban J connectivity index is 2.53. The van der Waals surface area contributed by atoms with Crippen molar-refractivity contribution < 1.29 is 22.4 Å². The summed E-state index contributed by atoms with van der Waals surface area (Å²) >= 11 is 2.74. The quantitative estimate of drug-likeness (QED) is 0.457. The summed E-state index contributed by atoms with van der Waals surface area (Å²) in [5.74, 6) is -5.04. The fourth-order valence-electron chi connectivity index (χ4n) is 1.54. The number of ketones is 1. The Labute approximate surface area is 114 Å². The highest BCUT2D eigenvalue weighted by molar-refractivity contribution is 9.10. The second-order valence-corrected chi connectivity index (χ2v) is 4.50. The molecule has 0 saturated carbocycles. The van der Waals surface area contributed by atoms with E-state index in [4.69, 9.17) is 0 Å². The van der Waals surface area contributed by atoms with Crippen LogP contribution >= 0.6 is 15.9 Å². The lowest BCUT2D eigenvalue weighted by Crippen LogP contribution is -2.05. The van der Waals surface area contributed by atoms with E-state index in [1.165, 1.54) is 0 Å². The normalized spacial score (nSPS) is 10.6. The van der Waals surface area contributed by atoms with Crippen LogP contribution in [0, 0.1) is 23.3 Å². The van der Waals surface area contributed by atoms with Crippen molar-refractivity contribution in [2.24, 2.45) is 0 Å². The van der Waals surface area contributed by atoms with Gasteiger partial charge >= 0.3 is 0 Å². The van der Waals surface area contributed by atoms with E-state index in [1.54, 1.807) is 0 Å². The SMILES string of the molecule is O=C(c1cc(F)cc(F)c1)c1ccc(F)c(F)c1Br. The number of carbonyl (C=O) groups excluding carboxylic acids is 1. The topological polar surface area (TPSA) is 17.1 Å². The van der Waals surface area contributed by atoms with Gasteiger partial charge in [-0.1, -0.05) is 0 Å². The maximum atomic E-state index is 13.3. The molecule has 0 heterocycles. The van der Waals surface area contributed by atoms with Crippen LogP contribution in [0.4, 0.5) is 17.6 Å². The second kappa shape index (κ2) is 5.13. The van der Waals surface area contributed by atoms with E-state index in [9.17, 15) is 22.4 Å². The Morgan fingerprint density at radius 3 is 2.11 bits per heavy atom. The molecule has 0 spiro atoms. The Hall–Kier alpha value is -1.69. The third-order valence-corrected chi connectivity index (χ3v) is 3.18. The minimum absolute atomic E-state index is 0.219. The summed E-state index contributed by atoms with van der Waals surface area (Å²) in [6, 6.07) is 4.05. The maximum absolute atomic E-state index is 13.3. The summed E-state index contributed by atoms with van der Waals surface area (Å²) in [7, 11) is 0. The summed E-state index contributed by atoms with van der Waals surface area (Å²) in [6.45, 7) is 0. The molecular weight excluding hydrogens is 328 g/mol. The summed E-state index contributed by atoms with van der Waals surface area (Å²) in [6.07, 6.45) is 0. The van der Waals surface area contributed by atoms with Crippen molar-refractivity contribution in [3.63, 3.8) is 0 Å².